The first kappa shape index (κ1) is 22.3. The molecular weight excluding hydrogens is 368 g/mol. The van der Waals surface area contributed by atoms with Crippen LogP contribution in [0, 0.1) is 0 Å². The van der Waals surface area contributed by atoms with Crippen LogP contribution in [0.2, 0.25) is 0 Å². The largest absolute Gasteiger partial charge is 0.392 e. The fraction of sp³-hybridized carbons (Fsp3) is 0.407. The van der Waals surface area contributed by atoms with Crippen molar-refractivity contribution in [3.8, 4) is 0 Å². The molecule has 160 valence electrons. The minimum absolute atomic E-state index is 0.176. The highest BCUT2D eigenvalue weighted by molar-refractivity contribution is 5.28. The van der Waals surface area contributed by atoms with Crippen LogP contribution in [0.4, 0.5) is 0 Å². The Morgan fingerprint density at radius 2 is 1.57 bits per heavy atom. The lowest BCUT2D eigenvalue weighted by molar-refractivity contribution is 0.100. The standard InChI is InChI=1S/C27H36N2O/c1-5-26(30)21-28(18-22-10-7-6-8-11-22)20-25-12-9-17-29(25)19-23-13-15-24(16-14-23)27(2,3)4/h6-17,26,30H,5,18-21H2,1-4H3/t26-/m0/s1. The molecule has 0 bridgehead atoms. The zero-order chi connectivity index (χ0) is 21.6. The lowest BCUT2D eigenvalue weighted by Gasteiger charge is -2.25. The molecule has 1 atom stereocenters. The van der Waals surface area contributed by atoms with E-state index in [1.807, 2.05) is 13.0 Å². The quantitative estimate of drug-likeness (QED) is 0.502. The summed E-state index contributed by atoms with van der Waals surface area (Å²) in [5, 5.41) is 10.3. The average Bonchev–Trinajstić information content (AvgIpc) is 3.14. The van der Waals surface area contributed by atoms with Crippen LogP contribution in [-0.4, -0.2) is 27.2 Å². The molecule has 0 saturated carbocycles. The summed E-state index contributed by atoms with van der Waals surface area (Å²) in [6.45, 7) is 12.0. The lowest BCUT2D eigenvalue weighted by atomic mass is 9.87. The van der Waals surface area contributed by atoms with Crippen LogP contribution in [0.15, 0.2) is 72.9 Å². The van der Waals surface area contributed by atoms with Crippen LogP contribution < -0.4 is 0 Å². The second kappa shape index (κ2) is 10.1. The van der Waals surface area contributed by atoms with Gasteiger partial charge in [0.25, 0.3) is 0 Å². The number of hydrogen-bond acceptors (Lipinski definition) is 2. The van der Waals surface area contributed by atoms with Crippen molar-refractivity contribution in [1.29, 1.82) is 0 Å². The molecule has 0 aliphatic heterocycles. The number of aliphatic hydroxyl groups is 1. The van der Waals surface area contributed by atoms with Crippen molar-refractivity contribution in [2.24, 2.45) is 0 Å². The molecular formula is C27H36N2O. The van der Waals surface area contributed by atoms with Gasteiger partial charge in [-0.05, 0) is 40.7 Å². The van der Waals surface area contributed by atoms with E-state index in [4.69, 9.17) is 0 Å². The third-order valence-corrected chi connectivity index (χ3v) is 5.67. The Morgan fingerprint density at radius 3 is 2.20 bits per heavy atom. The van der Waals surface area contributed by atoms with E-state index in [0.29, 0.717) is 6.54 Å². The molecule has 30 heavy (non-hydrogen) atoms. The van der Waals surface area contributed by atoms with Gasteiger partial charge in [0.05, 0.1) is 6.10 Å². The summed E-state index contributed by atoms with van der Waals surface area (Å²) < 4.78 is 2.32. The highest BCUT2D eigenvalue weighted by atomic mass is 16.3. The molecule has 3 aromatic rings. The molecule has 0 aliphatic carbocycles. The fourth-order valence-corrected chi connectivity index (χ4v) is 3.74. The molecule has 0 unspecified atom stereocenters. The number of rotatable bonds is 9. The van der Waals surface area contributed by atoms with E-state index in [9.17, 15) is 5.11 Å². The van der Waals surface area contributed by atoms with Gasteiger partial charge in [0, 0.05) is 38.1 Å². The van der Waals surface area contributed by atoms with Crippen molar-refractivity contribution in [3.63, 3.8) is 0 Å². The molecule has 0 saturated heterocycles. The smallest absolute Gasteiger partial charge is 0.0664 e. The molecule has 1 N–H and O–H groups in total. The molecule has 1 aromatic heterocycles. The minimum Gasteiger partial charge on any atom is -0.392 e. The van der Waals surface area contributed by atoms with Gasteiger partial charge in [0.1, 0.15) is 0 Å². The van der Waals surface area contributed by atoms with E-state index in [1.165, 1.54) is 22.4 Å². The van der Waals surface area contributed by atoms with Gasteiger partial charge in [-0.2, -0.15) is 0 Å². The summed E-state index contributed by atoms with van der Waals surface area (Å²) in [4.78, 5) is 2.35. The lowest BCUT2D eigenvalue weighted by Crippen LogP contribution is -2.32. The molecule has 0 amide bonds. The number of nitrogens with zero attached hydrogens (tertiary/aromatic N) is 2. The summed E-state index contributed by atoms with van der Waals surface area (Å²) in [5.41, 5.74) is 5.39. The van der Waals surface area contributed by atoms with E-state index < -0.39 is 0 Å². The van der Waals surface area contributed by atoms with Gasteiger partial charge in [-0.15, -0.1) is 0 Å². The van der Waals surface area contributed by atoms with Crippen LogP contribution in [0.3, 0.4) is 0 Å². The zero-order valence-electron chi connectivity index (χ0n) is 18.9. The second-order valence-corrected chi connectivity index (χ2v) is 9.29. The molecule has 3 heteroatoms. The topological polar surface area (TPSA) is 28.4 Å². The molecule has 1 heterocycles. The summed E-state index contributed by atoms with van der Waals surface area (Å²) in [5.74, 6) is 0. The Bertz CT molecular complexity index is 891. The van der Waals surface area contributed by atoms with Crippen LogP contribution in [0.1, 0.15) is 56.5 Å². The van der Waals surface area contributed by atoms with Gasteiger partial charge in [-0.1, -0.05) is 82.3 Å². The number of aromatic nitrogens is 1. The Morgan fingerprint density at radius 1 is 0.867 bits per heavy atom. The highest BCUT2D eigenvalue weighted by Crippen LogP contribution is 2.23. The zero-order valence-corrected chi connectivity index (χ0v) is 18.9. The SMILES string of the molecule is CC[C@H](O)CN(Cc1ccccc1)Cc1cccn1Cc1ccc(C(C)(C)C)cc1. The maximum atomic E-state index is 10.3. The number of aliphatic hydroxyl groups excluding tert-OH is 1. The summed E-state index contributed by atoms with van der Waals surface area (Å²) in [6.07, 6.45) is 2.62. The average molecular weight is 405 g/mol. The first-order valence-electron chi connectivity index (χ1n) is 11.0. The molecule has 0 spiro atoms. The van der Waals surface area contributed by atoms with E-state index in [-0.39, 0.29) is 11.5 Å². The third kappa shape index (κ3) is 6.32. The molecule has 0 radical (unpaired) electrons. The predicted octanol–water partition coefficient (Wildman–Crippen LogP) is 5.61. The molecule has 3 nitrogen and oxygen atoms in total. The van der Waals surface area contributed by atoms with Crippen molar-refractivity contribution >= 4 is 0 Å². The normalized spacial score (nSPS) is 13.0. The van der Waals surface area contributed by atoms with Gasteiger partial charge < -0.3 is 9.67 Å². The van der Waals surface area contributed by atoms with Crippen molar-refractivity contribution in [2.75, 3.05) is 6.54 Å². The van der Waals surface area contributed by atoms with Crippen molar-refractivity contribution < 1.29 is 5.11 Å². The third-order valence-electron chi connectivity index (χ3n) is 5.67. The van der Waals surface area contributed by atoms with E-state index in [1.54, 1.807) is 0 Å². The highest BCUT2D eigenvalue weighted by Gasteiger charge is 2.15. The Balaban J connectivity index is 1.72. The van der Waals surface area contributed by atoms with E-state index in [0.717, 1.165) is 26.1 Å². The number of benzene rings is 2. The molecule has 2 aromatic carbocycles. The van der Waals surface area contributed by atoms with Crippen LogP contribution in [0.5, 0.6) is 0 Å². The summed E-state index contributed by atoms with van der Waals surface area (Å²) >= 11 is 0. The maximum Gasteiger partial charge on any atom is 0.0664 e. The van der Waals surface area contributed by atoms with Crippen molar-refractivity contribution in [2.45, 2.75) is 65.3 Å². The predicted molar refractivity (Wildman–Crippen MR) is 126 cm³/mol. The molecule has 0 aliphatic rings. The first-order valence-corrected chi connectivity index (χ1v) is 11.0. The van der Waals surface area contributed by atoms with Gasteiger partial charge in [0.2, 0.25) is 0 Å². The minimum atomic E-state index is -0.304. The second-order valence-electron chi connectivity index (χ2n) is 9.29. The monoisotopic (exact) mass is 404 g/mol. The maximum absolute atomic E-state index is 10.3. The van der Waals surface area contributed by atoms with Crippen LogP contribution in [-0.2, 0) is 25.0 Å². The van der Waals surface area contributed by atoms with Crippen molar-refractivity contribution in [1.82, 2.24) is 9.47 Å². The van der Waals surface area contributed by atoms with Crippen LogP contribution >= 0.6 is 0 Å². The summed E-state index contributed by atoms with van der Waals surface area (Å²) in [7, 11) is 0. The van der Waals surface area contributed by atoms with Crippen LogP contribution in [0.25, 0.3) is 0 Å². The van der Waals surface area contributed by atoms with Gasteiger partial charge in [-0.3, -0.25) is 4.90 Å². The van der Waals surface area contributed by atoms with E-state index in [2.05, 4.69) is 97.1 Å². The molecule has 3 rings (SSSR count). The molecule has 0 fully saturated rings. The van der Waals surface area contributed by atoms with E-state index >= 15 is 0 Å². The van der Waals surface area contributed by atoms with Gasteiger partial charge >= 0.3 is 0 Å². The van der Waals surface area contributed by atoms with Crippen molar-refractivity contribution in [3.05, 3.63) is 95.3 Å². The fourth-order valence-electron chi connectivity index (χ4n) is 3.74. The Hall–Kier alpha value is -2.36. The Kier molecular flexibility index (Phi) is 7.52. The summed E-state index contributed by atoms with van der Waals surface area (Å²) in [6, 6.07) is 23.8. The Labute approximate surface area is 182 Å². The van der Waals surface area contributed by atoms with Gasteiger partial charge in [0.15, 0.2) is 0 Å². The van der Waals surface area contributed by atoms with Gasteiger partial charge in [-0.25, -0.2) is 0 Å². The first-order chi connectivity index (χ1) is 14.3. The number of hydrogen-bond donors (Lipinski definition) is 1.